The molecule has 2 aromatic rings. The summed E-state index contributed by atoms with van der Waals surface area (Å²) in [6.07, 6.45) is 0. The number of nitriles is 1. The largest absolute Gasteiger partial charge is 0.357 e. The lowest BCUT2D eigenvalue weighted by atomic mass is 10.0. The van der Waals surface area contributed by atoms with Gasteiger partial charge in [0, 0.05) is 21.6 Å². The quantitative estimate of drug-likeness (QED) is 0.789. The lowest BCUT2D eigenvalue weighted by molar-refractivity contribution is 0.833. The van der Waals surface area contributed by atoms with Gasteiger partial charge in [-0.3, -0.25) is 0 Å². The number of halogens is 1. The van der Waals surface area contributed by atoms with Crippen LogP contribution in [0.25, 0.3) is 10.9 Å². The molecule has 0 fully saturated rings. The molecule has 2 nitrogen and oxygen atoms in total. The molecule has 16 heavy (non-hydrogen) atoms. The van der Waals surface area contributed by atoms with Crippen LogP contribution in [0.1, 0.15) is 36.6 Å². The van der Waals surface area contributed by atoms with Crippen LogP contribution in [0.15, 0.2) is 12.1 Å². The van der Waals surface area contributed by atoms with Crippen molar-refractivity contribution < 1.29 is 0 Å². The van der Waals surface area contributed by atoms with Crippen LogP contribution in [-0.2, 0) is 0 Å². The number of nitrogens with zero attached hydrogens (tertiary/aromatic N) is 1. The Hall–Kier alpha value is -1.46. The van der Waals surface area contributed by atoms with Crippen molar-refractivity contribution in [3.05, 3.63) is 34.0 Å². The Balaban J connectivity index is 2.84. The van der Waals surface area contributed by atoms with Crippen molar-refractivity contribution in [1.29, 1.82) is 5.26 Å². The Morgan fingerprint density at radius 1 is 1.38 bits per heavy atom. The third-order valence-electron chi connectivity index (χ3n) is 2.80. The molecule has 0 saturated heterocycles. The van der Waals surface area contributed by atoms with Crippen molar-refractivity contribution in [3.63, 3.8) is 0 Å². The smallest absolute Gasteiger partial charge is 0.102 e. The van der Waals surface area contributed by atoms with Gasteiger partial charge >= 0.3 is 0 Å². The maximum atomic E-state index is 9.20. The molecule has 1 aromatic carbocycles. The number of aromatic nitrogens is 1. The fourth-order valence-corrected chi connectivity index (χ4v) is 2.06. The number of benzene rings is 1. The predicted octanol–water partition coefficient (Wildman–Crippen LogP) is 4.12. The van der Waals surface area contributed by atoms with Gasteiger partial charge in [0.1, 0.15) is 6.07 Å². The highest BCUT2D eigenvalue weighted by Gasteiger charge is 2.14. The Labute approximate surface area is 99.8 Å². The molecule has 0 bridgehead atoms. The van der Waals surface area contributed by atoms with Crippen LogP contribution in [0.3, 0.4) is 0 Å². The average Bonchev–Trinajstić information content (AvgIpc) is 2.57. The topological polar surface area (TPSA) is 39.6 Å². The van der Waals surface area contributed by atoms with Crippen molar-refractivity contribution in [2.24, 2.45) is 0 Å². The Kier molecular flexibility index (Phi) is 2.65. The van der Waals surface area contributed by atoms with E-state index in [1.165, 1.54) is 0 Å². The number of nitrogens with one attached hydrogen (secondary N) is 1. The van der Waals surface area contributed by atoms with E-state index in [1.807, 2.05) is 19.1 Å². The molecule has 0 aliphatic carbocycles. The van der Waals surface area contributed by atoms with E-state index in [1.54, 1.807) is 0 Å². The lowest BCUT2D eigenvalue weighted by Crippen LogP contribution is -1.89. The van der Waals surface area contributed by atoms with Crippen LogP contribution in [0.5, 0.6) is 0 Å². The van der Waals surface area contributed by atoms with Crippen molar-refractivity contribution >= 4 is 22.5 Å². The molecule has 0 aliphatic rings. The van der Waals surface area contributed by atoms with Gasteiger partial charge in [0.15, 0.2) is 0 Å². The first-order valence-electron chi connectivity index (χ1n) is 5.26. The molecule has 0 saturated carbocycles. The van der Waals surface area contributed by atoms with E-state index in [0.717, 1.165) is 22.2 Å². The standard InChI is InChI=1S/C13H13ClN2/c1-7(2)13-10(6-15)9-5-11(14)8(3)4-12(9)16-13/h4-5,7,16H,1-3H3. The first-order chi connectivity index (χ1) is 7.54. The first kappa shape index (κ1) is 11.0. The zero-order valence-corrected chi connectivity index (χ0v) is 10.3. The molecule has 1 N–H and O–H groups in total. The molecule has 0 atom stereocenters. The molecule has 0 aliphatic heterocycles. The third-order valence-corrected chi connectivity index (χ3v) is 3.20. The maximum Gasteiger partial charge on any atom is 0.102 e. The minimum absolute atomic E-state index is 0.307. The van der Waals surface area contributed by atoms with Gasteiger partial charge in [-0.15, -0.1) is 0 Å². The Morgan fingerprint density at radius 3 is 2.62 bits per heavy atom. The molecule has 0 unspecified atom stereocenters. The second-order valence-corrected chi connectivity index (χ2v) is 4.73. The monoisotopic (exact) mass is 232 g/mol. The van der Waals surface area contributed by atoms with Gasteiger partial charge in [-0.25, -0.2) is 0 Å². The fraction of sp³-hybridized carbons (Fsp3) is 0.308. The van der Waals surface area contributed by atoms with Crippen LogP contribution in [0.4, 0.5) is 0 Å². The minimum atomic E-state index is 0.307. The number of hydrogen-bond donors (Lipinski definition) is 1. The number of aromatic amines is 1. The van der Waals surface area contributed by atoms with Crippen LogP contribution in [0.2, 0.25) is 5.02 Å². The van der Waals surface area contributed by atoms with E-state index in [-0.39, 0.29) is 0 Å². The number of hydrogen-bond acceptors (Lipinski definition) is 1. The molecule has 0 radical (unpaired) electrons. The molecule has 82 valence electrons. The van der Waals surface area contributed by atoms with E-state index in [4.69, 9.17) is 11.6 Å². The zero-order chi connectivity index (χ0) is 11.9. The van der Waals surface area contributed by atoms with Crippen LogP contribution >= 0.6 is 11.6 Å². The summed E-state index contributed by atoms with van der Waals surface area (Å²) in [7, 11) is 0. The highest BCUT2D eigenvalue weighted by molar-refractivity contribution is 6.32. The fourth-order valence-electron chi connectivity index (χ4n) is 1.90. The van der Waals surface area contributed by atoms with Gasteiger partial charge in [-0.1, -0.05) is 25.4 Å². The highest BCUT2D eigenvalue weighted by atomic mass is 35.5. The minimum Gasteiger partial charge on any atom is -0.357 e. The molecular weight excluding hydrogens is 220 g/mol. The van der Waals surface area contributed by atoms with Crippen molar-refractivity contribution in [3.8, 4) is 6.07 Å². The van der Waals surface area contributed by atoms with Crippen LogP contribution in [-0.4, -0.2) is 4.98 Å². The molecule has 3 heteroatoms. The Bertz CT molecular complexity index is 588. The van der Waals surface area contributed by atoms with Crippen molar-refractivity contribution in [2.75, 3.05) is 0 Å². The van der Waals surface area contributed by atoms with E-state index in [2.05, 4.69) is 24.9 Å². The molecule has 1 aromatic heterocycles. The third kappa shape index (κ3) is 1.58. The van der Waals surface area contributed by atoms with Gasteiger partial charge in [-0.2, -0.15) is 5.26 Å². The van der Waals surface area contributed by atoms with Gasteiger partial charge in [0.25, 0.3) is 0 Å². The van der Waals surface area contributed by atoms with Crippen LogP contribution in [0, 0.1) is 18.3 Å². The summed E-state index contributed by atoms with van der Waals surface area (Å²) >= 11 is 6.08. The second-order valence-electron chi connectivity index (χ2n) is 4.33. The summed E-state index contributed by atoms with van der Waals surface area (Å²) in [4.78, 5) is 3.30. The van der Waals surface area contributed by atoms with Gasteiger partial charge in [0.2, 0.25) is 0 Å². The molecule has 1 heterocycles. The van der Waals surface area contributed by atoms with Gasteiger partial charge in [-0.05, 0) is 30.5 Å². The van der Waals surface area contributed by atoms with Crippen LogP contribution < -0.4 is 0 Å². The molecule has 0 spiro atoms. The SMILES string of the molecule is Cc1cc2[nH]c(C(C)C)c(C#N)c2cc1Cl. The number of rotatable bonds is 1. The predicted molar refractivity (Wildman–Crippen MR) is 66.8 cm³/mol. The molecule has 0 amide bonds. The number of fused-ring (bicyclic) bond motifs is 1. The number of aryl methyl sites for hydroxylation is 1. The zero-order valence-electron chi connectivity index (χ0n) is 9.56. The summed E-state index contributed by atoms with van der Waals surface area (Å²) in [6.45, 7) is 6.10. The van der Waals surface area contributed by atoms with E-state index >= 15 is 0 Å². The lowest BCUT2D eigenvalue weighted by Gasteiger charge is -2.00. The maximum absolute atomic E-state index is 9.20. The molecule has 2 rings (SSSR count). The summed E-state index contributed by atoms with van der Waals surface area (Å²) < 4.78 is 0. The van der Waals surface area contributed by atoms with Gasteiger partial charge in [0.05, 0.1) is 5.56 Å². The van der Waals surface area contributed by atoms with E-state index in [0.29, 0.717) is 16.5 Å². The number of H-pyrrole nitrogens is 1. The average molecular weight is 233 g/mol. The summed E-state index contributed by atoms with van der Waals surface area (Å²) in [5, 5.41) is 10.8. The summed E-state index contributed by atoms with van der Waals surface area (Å²) in [5.41, 5.74) is 3.71. The van der Waals surface area contributed by atoms with Crippen molar-refractivity contribution in [2.45, 2.75) is 26.7 Å². The van der Waals surface area contributed by atoms with E-state index < -0.39 is 0 Å². The van der Waals surface area contributed by atoms with Gasteiger partial charge < -0.3 is 4.98 Å². The summed E-state index contributed by atoms with van der Waals surface area (Å²) in [5.74, 6) is 0.307. The summed E-state index contributed by atoms with van der Waals surface area (Å²) in [6, 6.07) is 6.12. The second kappa shape index (κ2) is 3.84. The highest BCUT2D eigenvalue weighted by Crippen LogP contribution is 2.30. The van der Waals surface area contributed by atoms with E-state index in [9.17, 15) is 5.26 Å². The Morgan fingerprint density at radius 2 is 2.06 bits per heavy atom. The van der Waals surface area contributed by atoms with Crippen molar-refractivity contribution in [1.82, 2.24) is 4.98 Å². The molecular formula is C13H13ClN2. The first-order valence-corrected chi connectivity index (χ1v) is 5.64. The normalized spacial score (nSPS) is 11.0.